The highest BCUT2D eigenvalue weighted by atomic mass is 79.9. The fourth-order valence-corrected chi connectivity index (χ4v) is 1.91. The van der Waals surface area contributed by atoms with Crippen LogP contribution >= 0.6 is 27.5 Å². The van der Waals surface area contributed by atoms with Gasteiger partial charge in [0.05, 0.1) is 7.11 Å². The number of carbonyl (C=O) groups excluding carboxylic acids is 1. The minimum absolute atomic E-state index is 0.318. The number of ether oxygens (including phenoxy) is 1. The van der Waals surface area contributed by atoms with Gasteiger partial charge in [0.1, 0.15) is 4.88 Å². The minimum atomic E-state index is -0.318. The van der Waals surface area contributed by atoms with E-state index in [1.165, 1.54) is 7.11 Å². The summed E-state index contributed by atoms with van der Waals surface area (Å²) < 4.78 is 8.42. The molecular formula is C6H6BrNO2S. The number of esters is 1. The van der Waals surface area contributed by atoms with Crippen LogP contribution in [0.3, 0.4) is 0 Å². The van der Waals surface area contributed by atoms with Crippen molar-refractivity contribution in [3.05, 3.63) is 16.6 Å². The van der Waals surface area contributed by atoms with Crippen molar-refractivity contribution in [3.63, 3.8) is 0 Å². The number of hydrogen-bond donors (Lipinski definition) is 0. The van der Waals surface area contributed by atoms with E-state index in [2.05, 4.69) is 25.0 Å². The van der Waals surface area contributed by atoms with Crippen molar-refractivity contribution < 1.29 is 9.53 Å². The zero-order valence-corrected chi connectivity index (χ0v) is 8.24. The first-order valence-corrected chi connectivity index (χ1v) is 4.77. The van der Waals surface area contributed by atoms with Gasteiger partial charge < -0.3 is 4.74 Å². The summed E-state index contributed by atoms with van der Waals surface area (Å²) in [6.45, 7) is 0. The average molecular weight is 236 g/mol. The molecular weight excluding hydrogens is 230 g/mol. The average Bonchev–Trinajstić information content (AvgIpc) is 2.50. The zero-order chi connectivity index (χ0) is 8.27. The summed E-state index contributed by atoms with van der Waals surface area (Å²) in [6.07, 6.45) is 1.66. The molecule has 3 nitrogen and oxygen atoms in total. The summed E-state index contributed by atoms with van der Waals surface area (Å²) >= 11 is 4.40. The smallest absolute Gasteiger partial charge is 0.349 e. The van der Waals surface area contributed by atoms with Gasteiger partial charge in [-0.1, -0.05) is 15.9 Å². The lowest BCUT2D eigenvalue weighted by atomic mass is 10.3. The Morgan fingerprint density at radius 1 is 1.91 bits per heavy atom. The van der Waals surface area contributed by atoms with Crippen molar-refractivity contribution in [1.82, 2.24) is 4.37 Å². The van der Waals surface area contributed by atoms with E-state index in [-0.39, 0.29) is 5.97 Å². The number of alkyl halides is 1. The number of methoxy groups -OCH3 is 1. The van der Waals surface area contributed by atoms with Gasteiger partial charge in [-0.3, -0.25) is 0 Å². The van der Waals surface area contributed by atoms with Crippen molar-refractivity contribution in [2.24, 2.45) is 0 Å². The Hall–Kier alpha value is -0.420. The molecule has 11 heavy (non-hydrogen) atoms. The zero-order valence-electron chi connectivity index (χ0n) is 5.83. The Labute approximate surface area is 76.7 Å². The van der Waals surface area contributed by atoms with Crippen LogP contribution in [0.15, 0.2) is 6.20 Å². The number of carbonyl (C=O) groups is 1. The van der Waals surface area contributed by atoms with Gasteiger partial charge in [-0.15, -0.1) is 0 Å². The molecule has 0 radical (unpaired) electrons. The molecule has 1 aromatic heterocycles. The van der Waals surface area contributed by atoms with Gasteiger partial charge in [0.2, 0.25) is 0 Å². The summed E-state index contributed by atoms with van der Waals surface area (Å²) in [7, 11) is 1.36. The molecule has 5 heteroatoms. The lowest BCUT2D eigenvalue weighted by Crippen LogP contribution is -2.00. The van der Waals surface area contributed by atoms with Gasteiger partial charge >= 0.3 is 5.97 Å². The second-order valence-electron chi connectivity index (χ2n) is 1.81. The number of rotatable bonds is 2. The monoisotopic (exact) mass is 235 g/mol. The van der Waals surface area contributed by atoms with Gasteiger partial charge in [0.25, 0.3) is 0 Å². The van der Waals surface area contributed by atoms with Crippen LogP contribution in [0, 0.1) is 0 Å². The van der Waals surface area contributed by atoms with E-state index in [4.69, 9.17) is 0 Å². The molecule has 0 aliphatic heterocycles. The summed E-state index contributed by atoms with van der Waals surface area (Å²) in [4.78, 5) is 11.6. The maximum Gasteiger partial charge on any atom is 0.349 e. The van der Waals surface area contributed by atoms with Crippen molar-refractivity contribution in [3.8, 4) is 0 Å². The molecule has 1 rings (SSSR count). The molecule has 0 N–H and O–H groups in total. The fraction of sp³-hybridized carbons (Fsp3) is 0.333. The Bertz CT molecular complexity index is 261. The van der Waals surface area contributed by atoms with Gasteiger partial charge in [0, 0.05) is 17.1 Å². The van der Waals surface area contributed by atoms with Crippen LogP contribution in [-0.2, 0) is 10.1 Å². The van der Waals surface area contributed by atoms with Crippen LogP contribution in [0.25, 0.3) is 0 Å². The molecule has 0 unspecified atom stereocenters. The van der Waals surface area contributed by atoms with Crippen molar-refractivity contribution in [2.45, 2.75) is 5.33 Å². The molecule has 0 fully saturated rings. The third-order valence-corrected chi connectivity index (χ3v) is 2.59. The lowest BCUT2D eigenvalue weighted by molar-refractivity contribution is 0.0605. The van der Waals surface area contributed by atoms with Crippen LogP contribution in [0.5, 0.6) is 0 Å². The highest BCUT2D eigenvalue weighted by Gasteiger charge is 2.12. The van der Waals surface area contributed by atoms with Crippen LogP contribution in [0.4, 0.5) is 0 Å². The summed E-state index contributed by atoms with van der Waals surface area (Å²) in [5.74, 6) is -0.318. The van der Waals surface area contributed by atoms with Gasteiger partial charge in [-0.05, 0) is 11.5 Å². The van der Waals surface area contributed by atoms with Gasteiger partial charge in [-0.2, -0.15) is 4.37 Å². The Kier molecular flexibility index (Phi) is 3.02. The summed E-state index contributed by atoms with van der Waals surface area (Å²) in [5.41, 5.74) is 0.877. The SMILES string of the molecule is COC(=O)c1sncc1CBr. The molecule has 0 atom stereocenters. The van der Waals surface area contributed by atoms with Crippen LogP contribution in [0.1, 0.15) is 15.2 Å². The van der Waals surface area contributed by atoms with E-state index in [0.717, 1.165) is 17.1 Å². The molecule has 1 heterocycles. The maximum absolute atomic E-state index is 11.0. The molecule has 0 saturated heterocycles. The molecule has 1 aromatic rings. The van der Waals surface area contributed by atoms with Gasteiger partial charge in [-0.25, -0.2) is 4.79 Å². The number of aromatic nitrogens is 1. The lowest BCUT2D eigenvalue weighted by Gasteiger charge is -1.94. The fourth-order valence-electron chi connectivity index (χ4n) is 0.616. The van der Waals surface area contributed by atoms with E-state index >= 15 is 0 Å². The second-order valence-corrected chi connectivity index (χ2v) is 3.17. The first-order valence-electron chi connectivity index (χ1n) is 2.87. The van der Waals surface area contributed by atoms with Gasteiger partial charge in [0.15, 0.2) is 0 Å². The molecule has 0 bridgehead atoms. The quantitative estimate of drug-likeness (QED) is 0.580. The molecule has 60 valence electrons. The van der Waals surface area contributed by atoms with E-state index in [0.29, 0.717) is 10.2 Å². The predicted molar refractivity (Wildman–Crippen MR) is 46.1 cm³/mol. The third-order valence-electron chi connectivity index (χ3n) is 1.16. The predicted octanol–water partition coefficient (Wildman–Crippen LogP) is 1.82. The molecule has 0 aliphatic rings. The van der Waals surface area contributed by atoms with Crippen LogP contribution in [0.2, 0.25) is 0 Å². The molecule has 0 aromatic carbocycles. The minimum Gasteiger partial charge on any atom is -0.465 e. The molecule has 0 saturated carbocycles. The topological polar surface area (TPSA) is 39.2 Å². The Morgan fingerprint density at radius 3 is 3.18 bits per heavy atom. The highest BCUT2D eigenvalue weighted by Crippen LogP contribution is 2.16. The largest absolute Gasteiger partial charge is 0.465 e. The van der Waals surface area contributed by atoms with E-state index in [9.17, 15) is 4.79 Å². The Morgan fingerprint density at radius 2 is 2.64 bits per heavy atom. The first-order chi connectivity index (χ1) is 5.29. The normalized spacial score (nSPS) is 9.64. The number of nitrogens with zero attached hydrogens (tertiary/aromatic N) is 1. The molecule has 0 aliphatic carbocycles. The van der Waals surface area contributed by atoms with E-state index in [1.54, 1.807) is 6.20 Å². The third kappa shape index (κ3) is 1.78. The second kappa shape index (κ2) is 3.82. The number of hydrogen-bond acceptors (Lipinski definition) is 4. The van der Waals surface area contributed by atoms with E-state index in [1.807, 2.05) is 0 Å². The standard InChI is InChI=1S/C6H6BrNO2S/c1-10-6(9)5-4(2-7)3-8-11-5/h3H,2H2,1H3. The molecule has 0 spiro atoms. The van der Waals surface area contributed by atoms with Crippen LogP contribution < -0.4 is 0 Å². The van der Waals surface area contributed by atoms with Crippen molar-refractivity contribution in [1.29, 1.82) is 0 Å². The maximum atomic E-state index is 11.0. The number of halogens is 1. The van der Waals surface area contributed by atoms with Crippen LogP contribution in [-0.4, -0.2) is 17.5 Å². The summed E-state index contributed by atoms with van der Waals surface area (Å²) in [6, 6.07) is 0. The first kappa shape index (κ1) is 8.67. The summed E-state index contributed by atoms with van der Waals surface area (Å²) in [5, 5.41) is 0.633. The van der Waals surface area contributed by atoms with Crippen molar-refractivity contribution in [2.75, 3.05) is 7.11 Å². The van der Waals surface area contributed by atoms with E-state index < -0.39 is 0 Å². The Balaban J connectivity index is 2.92. The highest BCUT2D eigenvalue weighted by molar-refractivity contribution is 9.08. The molecule has 0 amide bonds. The van der Waals surface area contributed by atoms with Crippen molar-refractivity contribution >= 4 is 33.4 Å².